The van der Waals surface area contributed by atoms with Crippen LogP contribution in [0.4, 0.5) is 0 Å². The standard InChI is InChI=1S/C10H21NO2/c1-5-10(2,3)11-8-6-7-9(12)13-4/h11H,5-8H2,1-4H3. The molecule has 78 valence electrons. The predicted octanol–water partition coefficient (Wildman–Crippen LogP) is 1.72. The number of ether oxygens (including phenoxy) is 1. The monoisotopic (exact) mass is 187 g/mol. The molecule has 0 aliphatic rings. The summed E-state index contributed by atoms with van der Waals surface area (Å²) < 4.78 is 4.54. The van der Waals surface area contributed by atoms with Gasteiger partial charge in [-0.25, -0.2) is 0 Å². The molecular weight excluding hydrogens is 166 g/mol. The van der Waals surface area contributed by atoms with Crippen LogP contribution in [0.5, 0.6) is 0 Å². The van der Waals surface area contributed by atoms with Gasteiger partial charge in [-0.15, -0.1) is 0 Å². The summed E-state index contributed by atoms with van der Waals surface area (Å²) in [6.45, 7) is 7.33. The fourth-order valence-electron chi connectivity index (χ4n) is 0.887. The van der Waals surface area contributed by atoms with Crippen LogP contribution in [0.15, 0.2) is 0 Å². The molecule has 0 amide bonds. The first-order valence-electron chi connectivity index (χ1n) is 4.83. The second kappa shape index (κ2) is 5.97. The maximum Gasteiger partial charge on any atom is 0.305 e. The van der Waals surface area contributed by atoms with Gasteiger partial charge in [0.2, 0.25) is 0 Å². The molecule has 0 aliphatic carbocycles. The van der Waals surface area contributed by atoms with Crippen molar-refractivity contribution in [1.82, 2.24) is 5.32 Å². The van der Waals surface area contributed by atoms with Gasteiger partial charge in [-0.1, -0.05) is 6.92 Å². The molecule has 13 heavy (non-hydrogen) atoms. The van der Waals surface area contributed by atoms with E-state index in [1.54, 1.807) is 0 Å². The van der Waals surface area contributed by atoms with E-state index in [0.29, 0.717) is 6.42 Å². The van der Waals surface area contributed by atoms with E-state index in [2.05, 4.69) is 30.8 Å². The summed E-state index contributed by atoms with van der Waals surface area (Å²) in [5.74, 6) is -0.129. The van der Waals surface area contributed by atoms with Gasteiger partial charge in [-0.3, -0.25) is 4.79 Å². The van der Waals surface area contributed by atoms with E-state index in [4.69, 9.17) is 0 Å². The number of nitrogens with one attached hydrogen (secondary N) is 1. The fraction of sp³-hybridized carbons (Fsp3) is 0.900. The lowest BCUT2D eigenvalue weighted by molar-refractivity contribution is -0.140. The van der Waals surface area contributed by atoms with Crippen molar-refractivity contribution in [2.24, 2.45) is 0 Å². The van der Waals surface area contributed by atoms with Gasteiger partial charge in [0.25, 0.3) is 0 Å². The Hall–Kier alpha value is -0.570. The highest BCUT2D eigenvalue weighted by Gasteiger charge is 2.12. The Balaban J connectivity index is 3.41. The van der Waals surface area contributed by atoms with Crippen molar-refractivity contribution >= 4 is 5.97 Å². The SMILES string of the molecule is CCC(C)(C)NCCCC(=O)OC. The molecule has 0 aromatic heterocycles. The zero-order valence-electron chi connectivity index (χ0n) is 9.14. The molecule has 0 fully saturated rings. The molecule has 0 saturated carbocycles. The molecule has 0 bridgehead atoms. The van der Waals surface area contributed by atoms with Crippen LogP contribution >= 0.6 is 0 Å². The maximum atomic E-state index is 10.8. The lowest BCUT2D eigenvalue weighted by Gasteiger charge is -2.24. The highest BCUT2D eigenvalue weighted by atomic mass is 16.5. The van der Waals surface area contributed by atoms with E-state index in [-0.39, 0.29) is 11.5 Å². The zero-order valence-corrected chi connectivity index (χ0v) is 9.14. The van der Waals surface area contributed by atoms with Gasteiger partial charge in [0, 0.05) is 12.0 Å². The third-order valence-electron chi connectivity index (χ3n) is 2.27. The fourth-order valence-corrected chi connectivity index (χ4v) is 0.887. The molecule has 3 heteroatoms. The number of rotatable bonds is 6. The van der Waals surface area contributed by atoms with Gasteiger partial charge in [0.05, 0.1) is 7.11 Å². The van der Waals surface area contributed by atoms with Gasteiger partial charge >= 0.3 is 5.97 Å². The Bertz CT molecular complexity index is 155. The summed E-state index contributed by atoms with van der Waals surface area (Å²) >= 11 is 0. The number of methoxy groups -OCH3 is 1. The van der Waals surface area contributed by atoms with Crippen LogP contribution in [-0.2, 0) is 9.53 Å². The molecule has 0 spiro atoms. The molecule has 0 aliphatic heterocycles. The van der Waals surface area contributed by atoms with Crippen molar-refractivity contribution in [3.05, 3.63) is 0 Å². The second-order valence-electron chi connectivity index (χ2n) is 3.84. The van der Waals surface area contributed by atoms with Gasteiger partial charge in [0.15, 0.2) is 0 Å². The Kier molecular flexibility index (Phi) is 5.71. The highest BCUT2D eigenvalue weighted by Crippen LogP contribution is 2.06. The minimum Gasteiger partial charge on any atom is -0.469 e. The molecule has 1 N–H and O–H groups in total. The lowest BCUT2D eigenvalue weighted by atomic mass is 10.0. The van der Waals surface area contributed by atoms with Crippen LogP contribution in [0, 0.1) is 0 Å². The van der Waals surface area contributed by atoms with Crippen molar-refractivity contribution in [1.29, 1.82) is 0 Å². The molecular formula is C10H21NO2. The van der Waals surface area contributed by atoms with Crippen LogP contribution in [0.1, 0.15) is 40.0 Å². The van der Waals surface area contributed by atoms with E-state index in [0.717, 1.165) is 19.4 Å². The van der Waals surface area contributed by atoms with Crippen LogP contribution in [0.3, 0.4) is 0 Å². The number of hydrogen-bond donors (Lipinski definition) is 1. The predicted molar refractivity (Wildman–Crippen MR) is 53.6 cm³/mol. The largest absolute Gasteiger partial charge is 0.469 e. The third kappa shape index (κ3) is 6.58. The number of hydrogen-bond acceptors (Lipinski definition) is 3. The second-order valence-corrected chi connectivity index (χ2v) is 3.84. The Morgan fingerprint density at radius 3 is 2.54 bits per heavy atom. The van der Waals surface area contributed by atoms with Crippen molar-refractivity contribution in [2.75, 3.05) is 13.7 Å². The molecule has 0 aromatic carbocycles. The topological polar surface area (TPSA) is 38.3 Å². The summed E-state index contributed by atoms with van der Waals surface area (Å²) in [6, 6.07) is 0. The molecule has 0 saturated heterocycles. The number of carbonyl (C=O) groups excluding carboxylic acids is 1. The average molecular weight is 187 g/mol. The molecule has 0 unspecified atom stereocenters. The van der Waals surface area contributed by atoms with E-state index >= 15 is 0 Å². The first-order chi connectivity index (χ1) is 6.02. The normalized spacial score (nSPS) is 11.4. The lowest BCUT2D eigenvalue weighted by Crippen LogP contribution is -2.39. The van der Waals surface area contributed by atoms with E-state index in [1.807, 2.05) is 0 Å². The summed E-state index contributed by atoms with van der Waals surface area (Å²) in [6.07, 6.45) is 2.44. The molecule has 0 radical (unpaired) electrons. The number of esters is 1. The van der Waals surface area contributed by atoms with E-state index in [9.17, 15) is 4.79 Å². The van der Waals surface area contributed by atoms with Gasteiger partial charge in [-0.05, 0) is 33.2 Å². The highest BCUT2D eigenvalue weighted by molar-refractivity contribution is 5.69. The summed E-state index contributed by atoms with van der Waals surface area (Å²) in [4.78, 5) is 10.8. The molecule has 0 aromatic rings. The first-order valence-corrected chi connectivity index (χ1v) is 4.83. The van der Waals surface area contributed by atoms with Crippen LogP contribution in [0.25, 0.3) is 0 Å². The van der Waals surface area contributed by atoms with Crippen LogP contribution < -0.4 is 5.32 Å². The molecule has 0 atom stereocenters. The quantitative estimate of drug-likeness (QED) is 0.508. The van der Waals surface area contributed by atoms with E-state index < -0.39 is 0 Å². The summed E-state index contributed by atoms with van der Waals surface area (Å²) in [7, 11) is 1.42. The van der Waals surface area contributed by atoms with Gasteiger partial charge in [-0.2, -0.15) is 0 Å². The Labute approximate surface area is 80.8 Å². The summed E-state index contributed by atoms with van der Waals surface area (Å²) in [5, 5.41) is 3.38. The van der Waals surface area contributed by atoms with Gasteiger partial charge in [0.1, 0.15) is 0 Å². The maximum absolute atomic E-state index is 10.8. The van der Waals surface area contributed by atoms with Crippen LogP contribution in [0.2, 0.25) is 0 Å². The summed E-state index contributed by atoms with van der Waals surface area (Å²) in [5.41, 5.74) is 0.177. The average Bonchev–Trinajstić information content (AvgIpc) is 2.12. The smallest absolute Gasteiger partial charge is 0.305 e. The molecule has 3 nitrogen and oxygen atoms in total. The Morgan fingerprint density at radius 2 is 2.08 bits per heavy atom. The number of carbonyl (C=O) groups is 1. The third-order valence-corrected chi connectivity index (χ3v) is 2.27. The first kappa shape index (κ1) is 12.4. The van der Waals surface area contributed by atoms with Crippen molar-refractivity contribution in [3.63, 3.8) is 0 Å². The van der Waals surface area contributed by atoms with Crippen molar-refractivity contribution < 1.29 is 9.53 Å². The molecule has 0 heterocycles. The minimum atomic E-state index is -0.129. The zero-order chi connectivity index (χ0) is 10.3. The van der Waals surface area contributed by atoms with Crippen molar-refractivity contribution in [3.8, 4) is 0 Å². The van der Waals surface area contributed by atoms with E-state index in [1.165, 1.54) is 7.11 Å². The molecule has 0 rings (SSSR count). The Morgan fingerprint density at radius 1 is 1.46 bits per heavy atom. The minimum absolute atomic E-state index is 0.129. The van der Waals surface area contributed by atoms with Gasteiger partial charge < -0.3 is 10.1 Å². The van der Waals surface area contributed by atoms with Crippen molar-refractivity contribution in [2.45, 2.75) is 45.6 Å². The van der Waals surface area contributed by atoms with Crippen LogP contribution in [-0.4, -0.2) is 25.2 Å².